The lowest BCUT2D eigenvalue weighted by atomic mass is 9.96. The van der Waals surface area contributed by atoms with Crippen molar-refractivity contribution in [3.63, 3.8) is 0 Å². The van der Waals surface area contributed by atoms with Crippen molar-refractivity contribution in [3.8, 4) is 0 Å². The largest absolute Gasteiger partial charge is 0.378 e. The van der Waals surface area contributed by atoms with Gasteiger partial charge in [0.2, 0.25) is 5.95 Å². The third-order valence-corrected chi connectivity index (χ3v) is 4.96. The van der Waals surface area contributed by atoms with Crippen LogP contribution in [0.5, 0.6) is 0 Å². The van der Waals surface area contributed by atoms with Gasteiger partial charge < -0.3 is 20.1 Å². The van der Waals surface area contributed by atoms with Gasteiger partial charge in [0.25, 0.3) is 0 Å². The van der Waals surface area contributed by atoms with Crippen LogP contribution in [0.4, 0.5) is 11.8 Å². The lowest BCUT2D eigenvalue weighted by Gasteiger charge is -2.27. The first-order valence-corrected chi connectivity index (χ1v) is 9.23. The van der Waals surface area contributed by atoms with Crippen LogP contribution in [0.1, 0.15) is 39.5 Å². The number of rotatable bonds is 6. The van der Waals surface area contributed by atoms with Crippen molar-refractivity contribution in [2.45, 2.75) is 51.7 Å². The Morgan fingerprint density at radius 1 is 1.00 bits per heavy atom. The Morgan fingerprint density at radius 2 is 1.62 bits per heavy atom. The van der Waals surface area contributed by atoms with Gasteiger partial charge >= 0.3 is 0 Å². The molecule has 3 heterocycles. The fraction of sp³-hybridized carbons (Fsp3) is 0.778. The van der Waals surface area contributed by atoms with Gasteiger partial charge in [0.15, 0.2) is 0 Å². The summed E-state index contributed by atoms with van der Waals surface area (Å²) in [5.74, 6) is 2.90. The number of nitrogens with zero attached hydrogens (tertiary/aromatic N) is 2. The Labute approximate surface area is 144 Å². The number of hydrogen-bond acceptors (Lipinski definition) is 6. The van der Waals surface area contributed by atoms with Crippen molar-refractivity contribution >= 4 is 11.8 Å². The number of hydrogen-bond donors (Lipinski definition) is 2. The highest BCUT2D eigenvalue weighted by molar-refractivity contribution is 5.39. The average molecular weight is 334 g/mol. The first-order chi connectivity index (χ1) is 11.7. The normalized spacial score (nSPS) is 30.8. The van der Waals surface area contributed by atoms with Gasteiger partial charge in [-0.1, -0.05) is 0 Å². The Morgan fingerprint density at radius 3 is 2.25 bits per heavy atom. The van der Waals surface area contributed by atoms with E-state index >= 15 is 0 Å². The standard InChI is InChI=1S/C18H30N4O2/c1-13-9-15(4-7-23-13)11-20-17-3-6-19-18(22-17)21-12-16-5-8-24-14(2)10-16/h3,6,13-16H,4-5,7-12H2,1-2H3,(H2,19,20,21,22). The summed E-state index contributed by atoms with van der Waals surface area (Å²) in [7, 11) is 0. The summed E-state index contributed by atoms with van der Waals surface area (Å²) in [5.41, 5.74) is 0. The van der Waals surface area contributed by atoms with E-state index in [4.69, 9.17) is 9.47 Å². The zero-order chi connectivity index (χ0) is 16.8. The lowest BCUT2D eigenvalue weighted by Crippen LogP contribution is -2.28. The maximum atomic E-state index is 5.60. The predicted molar refractivity (Wildman–Crippen MR) is 95.3 cm³/mol. The molecule has 4 unspecified atom stereocenters. The first-order valence-electron chi connectivity index (χ1n) is 9.23. The molecule has 6 nitrogen and oxygen atoms in total. The van der Waals surface area contributed by atoms with Gasteiger partial charge in [-0.3, -0.25) is 0 Å². The van der Waals surface area contributed by atoms with Crippen LogP contribution < -0.4 is 10.6 Å². The molecule has 0 amide bonds. The molecule has 0 saturated carbocycles. The molecule has 1 aromatic heterocycles. The molecule has 0 spiro atoms. The Kier molecular flexibility index (Phi) is 6.26. The van der Waals surface area contributed by atoms with Crippen molar-refractivity contribution in [1.29, 1.82) is 0 Å². The summed E-state index contributed by atoms with van der Waals surface area (Å²) in [6.45, 7) is 7.88. The fourth-order valence-electron chi connectivity index (χ4n) is 3.58. The van der Waals surface area contributed by atoms with Gasteiger partial charge in [-0.05, 0) is 57.4 Å². The average Bonchev–Trinajstić information content (AvgIpc) is 2.59. The van der Waals surface area contributed by atoms with Crippen LogP contribution in [-0.2, 0) is 9.47 Å². The molecule has 0 aromatic carbocycles. The van der Waals surface area contributed by atoms with Crippen LogP contribution >= 0.6 is 0 Å². The van der Waals surface area contributed by atoms with E-state index < -0.39 is 0 Å². The van der Waals surface area contributed by atoms with Gasteiger partial charge in [-0.15, -0.1) is 0 Å². The lowest BCUT2D eigenvalue weighted by molar-refractivity contribution is 0.00542. The third-order valence-electron chi connectivity index (χ3n) is 4.96. The Bertz CT molecular complexity index is 472. The molecule has 3 rings (SSSR count). The van der Waals surface area contributed by atoms with Gasteiger partial charge in [0.1, 0.15) is 5.82 Å². The number of anilines is 2. The molecular formula is C18H30N4O2. The number of aromatic nitrogens is 2. The molecule has 2 fully saturated rings. The number of ether oxygens (including phenoxy) is 2. The van der Waals surface area contributed by atoms with E-state index in [0.29, 0.717) is 30.0 Å². The summed E-state index contributed by atoms with van der Waals surface area (Å²) in [6, 6.07) is 1.93. The van der Waals surface area contributed by atoms with Crippen LogP contribution in [-0.4, -0.2) is 48.5 Å². The number of nitrogens with one attached hydrogen (secondary N) is 2. The second-order valence-corrected chi connectivity index (χ2v) is 7.17. The molecule has 2 saturated heterocycles. The van der Waals surface area contributed by atoms with E-state index in [0.717, 1.165) is 57.8 Å². The maximum Gasteiger partial charge on any atom is 0.224 e. The highest BCUT2D eigenvalue weighted by Crippen LogP contribution is 2.21. The minimum atomic E-state index is 0.362. The fourth-order valence-corrected chi connectivity index (χ4v) is 3.58. The zero-order valence-electron chi connectivity index (χ0n) is 14.8. The van der Waals surface area contributed by atoms with Crippen LogP contribution in [0.2, 0.25) is 0 Å². The molecule has 0 radical (unpaired) electrons. The van der Waals surface area contributed by atoms with Crippen molar-refractivity contribution in [1.82, 2.24) is 9.97 Å². The molecule has 1 aromatic rings. The van der Waals surface area contributed by atoms with E-state index in [1.54, 1.807) is 0 Å². The monoisotopic (exact) mass is 334 g/mol. The quantitative estimate of drug-likeness (QED) is 0.834. The Balaban J connectivity index is 1.45. The molecule has 0 aliphatic carbocycles. The van der Waals surface area contributed by atoms with Crippen LogP contribution in [0.3, 0.4) is 0 Å². The summed E-state index contributed by atoms with van der Waals surface area (Å²) < 4.78 is 11.2. The molecule has 2 aliphatic heterocycles. The van der Waals surface area contributed by atoms with E-state index in [9.17, 15) is 0 Å². The first kappa shape index (κ1) is 17.4. The maximum absolute atomic E-state index is 5.60. The van der Waals surface area contributed by atoms with Crippen molar-refractivity contribution in [2.24, 2.45) is 11.8 Å². The molecular weight excluding hydrogens is 304 g/mol. The summed E-state index contributed by atoms with van der Waals surface area (Å²) >= 11 is 0. The van der Waals surface area contributed by atoms with Crippen LogP contribution in [0, 0.1) is 11.8 Å². The highest BCUT2D eigenvalue weighted by Gasteiger charge is 2.20. The zero-order valence-corrected chi connectivity index (χ0v) is 14.8. The van der Waals surface area contributed by atoms with Crippen molar-refractivity contribution in [2.75, 3.05) is 36.9 Å². The molecule has 4 atom stereocenters. The minimum Gasteiger partial charge on any atom is -0.378 e. The third kappa shape index (κ3) is 5.31. The highest BCUT2D eigenvalue weighted by atomic mass is 16.5. The van der Waals surface area contributed by atoms with E-state index in [1.165, 1.54) is 0 Å². The molecule has 134 valence electrons. The van der Waals surface area contributed by atoms with Crippen molar-refractivity contribution in [3.05, 3.63) is 12.3 Å². The molecule has 2 aliphatic rings. The molecule has 2 N–H and O–H groups in total. The molecule has 24 heavy (non-hydrogen) atoms. The topological polar surface area (TPSA) is 68.3 Å². The minimum absolute atomic E-state index is 0.362. The van der Waals surface area contributed by atoms with E-state index in [2.05, 4.69) is 34.4 Å². The second-order valence-electron chi connectivity index (χ2n) is 7.17. The van der Waals surface area contributed by atoms with Gasteiger partial charge in [-0.25, -0.2) is 4.98 Å². The molecule has 6 heteroatoms. The van der Waals surface area contributed by atoms with Gasteiger partial charge in [0.05, 0.1) is 12.2 Å². The SMILES string of the molecule is CC1CC(CNc2ccnc(NCC3CCOC(C)C3)n2)CCO1. The summed E-state index contributed by atoms with van der Waals surface area (Å²) in [4.78, 5) is 8.92. The van der Waals surface area contributed by atoms with E-state index in [1.807, 2.05) is 12.3 Å². The van der Waals surface area contributed by atoms with E-state index in [-0.39, 0.29) is 0 Å². The Hall–Kier alpha value is -1.40. The van der Waals surface area contributed by atoms with Gasteiger partial charge in [0, 0.05) is 32.5 Å². The second kappa shape index (κ2) is 8.62. The van der Waals surface area contributed by atoms with Crippen LogP contribution in [0.15, 0.2) is 12.3 Å². The van der Waals surface area contributed by atoms with Crippen molar-refractivity contribution < 1.29 is 9.47 Å². The smallest absolute Gasteiger partial charge is 0.224 e. The summed E-state index contributed by atoms with van der Waals surface area (Å²) in [5, 5.41) is 6.84. The van der Waals surface area contributed by atoms with Crippen LogP contribution in [0.25, 0.3) is 0 Å². The predicted octanol–water partition coefficient (Wildman–Crippen LogP) is 2.93. The summed E-state index contributed by atoms with van der Waals surface area (Å²) in [6.07, 6.45) is 7.00. The van der Waals surface area contributed by atoms with Gasteiger partial charge in [-0.2, -0.15) is 4.98 Å². The molecule has 0 bridgehead atoms.